The zero-order valence-corrected chi connectivity index (χ0v) is 15.3. The van der Waals surface area contributed by atoms with Gasteiger partial charge in [-0.3, -0.25) is 4.79 Å². The maximum Gasteiger partial charge on any atom is 0.255 e. The van der Waals surface area contributed by atoms with Gasteiger partial charge in [0, 0.05) is 37.8 Å². The van der Waals surface area contributed by atoms with Gasteiger partial charge in [-0.1, -0.05) is 23.7 Å². The second kappa shape index (κ2) is 6.22. The van der Waals surface area contributed by atoms with Crippen LogP contribution in [0.1, 0.15) is 23.2 Å². The fourth-order valence-corrected chi connectivity index (χ4v) is 5.29. The van der Waals surface area contributed by atoms with Crippen molar-refractivity contribution < 1.29 is 13.2 Å². The van der Waals surface area contributed by atoms with Gasteiger partial charge in [-0.2, -0.15) is 4.31 Å². The topological polar surface area (TPSA) is 91.4 Å². The third kappa shape index (κ3) is 2.84. The summed E-state index contributed by atoms with van der Waals surface area (Å²) in [6, 6.07) is 10.3. The van der Waals surface area contributed by atoms with Crippen molar-refractivity contribution in [1.29, 1.82) is 0 Å². The molecule has 0 aliphatic carbocycles. The molecule has 2 aliphatic rings. The highest BCUT2D eigenvalue weighted by atomic mass is 35.5. The Morgan fingerprint density at radius 2 is 1.81 bits per heavy atom. The van der Waals surface area contributed by atoms with E-state index in [0.717, 1.165) is 5.69 Å². The number of nitrogens with zero attached hydrogens (tertiary/aromatic N) is 2. The quantitative estimate of drug-likeness (QED) is 0.763. The maximum absolute atomic E-state index is 12.8. The largest absolute Gasteiger partial charge is 0.362 e. The van der Waals surface area contributed by atoms with E-state index < -0.39 is 15.7 Å². The Hall–Kier alpha value is -2.16. The summed E-state index contributed by atoms with van der Waals surface area (Å²) < 4.78 is 27.1. The summed E-state index contributed by atoms with van der Waals surface area (Å²) in [4.78, 5) is 16.2. The fourth-order valence-electron chi connectivity index (χ4n) is 3.42. The van der Waals surface area contributed by atoms with Gasteiger partial charge in [-0.05, 0) is 24.3 Å². The van der Waals surface area contributed by atoms with Gasteiger partial charge in [0.25, 0.3) is 5.91 Å². The van der Waals surface area contributed by atoms with Crippen molar-refractivity contribution in [1.82, 2.24) is 14.6 Å². The standard InChI is InChI=1S/C17H17ClN4O3S/c18-15-14(6-3-9-19-15)26(24,25)22-10-7-17(8-11-22)20-13-5-2-1-4-12(13)16(23)21-17/h1-6,9,20H,7-8,10-11H2,(H,21,23). The lowest BCUT2D eigenvalue weighted by atomic mass is 9.93. The molecule has 0 atom stereocenters. The predicted octanol–water partition coefficient (Wildman–Crippen LogP) is 2.07. The van der Waals surface area contributed by atoms with E-state index in [2.05, 4.69) is 15.6 Å². The van der Waals surface area contributed by atoms with Crippen LogP contribution in [0, 0.1) is 0 Å². The number of hydrogen-bond acceptors (Lipinski definition) is 5. The number of carbonyl (C=O) groups excluding carboxylic acids is 1. The molecule has 0 bridgehead atoms. The van der Waals surface area contributed by atoms with Crippen LogP contribution in [0.3, 0.4) is 0 Å². The van der Waals surface area contributed by atoms with Crippen LogP contribution in [-0.2, 0) is 10.0 Å². The molecule has 1 amide bonds. The number of hydrogen-bond donors (Lipinski definition) is 2. The van der Waals surface area contributed by atoms with Crippen LogP contribution in [0.15, 0.2) is 47.5 Å². The normalized spacial score (nSPS) is 19.5. The first-order valence-electron chi connectivity index (χ1n) is 8.22. The molecular formula is C17H17ClN4O3S. The van der Waals surface area contributed by atoms with Gasteiger partial charge >= 0.3 is 0 Å². The minimum atomic E-state index is -3.72. The van der Waals surface area contributed by atoms with Crippen molar-refractivity contribution in [2.24, 2.45) is 0 Å². The molecule has 4 rings (SSSR count). The number of carbonyl (C=O) groups is 1. The monoisotopic (exact) mass is 392 g/mol. The number of benzene rings is 1. The van der Waals surface area contributed by atoms with Gasteiger partial charge in [0.15, 0.2) is 0 Å². The van der Waals surface area contributed by atoms with Crippen molar-refractivity contribution in [2.75, 3.05) is 18.4 Å². The lowest BCUT2D eigenvalue weighted by Gasteiger charge is -2.45. The van der Waals surface area contributed by atoms with E-state index in [-0.39, 0.29) is 29.0 Å². The lowest BCUT2D eigenvalue weighted by Crippen LogP contribution is -2.62. The van der Waals surface area contributed by atoms with Crippen LogP contribution in [0.5, 0.6) is 0 Å². The maximum atomic E-state index is 12.8. The molecule has 136 valence electrons. The van der Waals surface area contributed by atoms with E-state index in [1.165, 1.54) is 16.6 Å². The van der Waals surface area contributed by atoms with Crippen molar-refractivity contribution >= 4 is 33.2 Å². The van der Waals surface area contributed by atoms with E-state index in [1.54, 1.807) is 12.1 Å². The summed E-state index contributed by atoms with van der Waals surface area (Å²) in [7, 11) is -3.72. The Morgan fingerprint density at radius 3 is 2.54 bits per heavy atom. The second-order valence-corrected chi connectivity index (χ2v) is 8.67. The molecule has 1 aromatic heterocycles. The first kappa shape index (κ1) is 17.3. The van der Waals surface area contributed by atoms with Crippen LogP contribution >= 0.6 is 11.6 Å². The molecule has 2 aliphatic heterocycles. The Kier molecular flexibility index (Phi) is 4.13. The molecule has 2 aromatic rings. The third-order valence-corrected chi connectivity index (χ3v) is 7.16. The molecule has 1 spiro atoms. The molecule has 7 nitrogen and oxygen atoms in total. The van der Waals surface area contributed by atoms with Crippen molar-refractivity contribution in [3.8, 4) is 0 Å². The number of nitrogens with one attached hydrogen (secondary N) is 2. The number of amides is 1. The second-order valence-electron chi connectivity index (χ2n) is 6.40. The number of sulfonamides is 1. The number of anilines is 1. The van der Waals surface area contributed by atoms with Crippen LogP contribution in [0.4, 0.5) is 5.69 Å². The van der Waals surface area contributed by atoms with Gasteiger partial charge in [0.05, 0.1) is 5.56 Å². The molecule has 0 radical (unpaired) electrons. The first-order chi connectivity index (χ1) is 12.4. The number of pyridine rings is 1. The molecule has 1 aromatic carbocycles. The number of rotatable bonds is 2. The third-order valence-electron chi connectivity index (χ3n) is 4.82. The summed E-state index contributed by atoms with van der Waals surface area (Å²) in [5.74, 6) is -0.147. The van der Waals surface area contributed by atoms with E-state index in [9.17, 15) is 13.2 Å². The average Bonchev–Trinajstić information content (AvgIpc) is 2.62. The average molecular weight is 393 g/mol. The number of aromatic nitrogens is 1. The Labute approximate surface area is 156 Å². The molecular weight excluding hydrogens is 376 g/mol. The SMILES string of the molecule is O=C1NC2(CCN(S(=O)(=O)c3cccnc3Cl)CC2)Nc2ccccc21. The zero-order valence-electron chi connectivity index (χ0n) is 13.8. The van der Waals surface area contributed by atoms with Crippen molar-refractivity contribution in [3.63, 3.8) is 0 Å². The fraction of sp³-hybridized carbons (Fsp3) is 0.294. The van der Waals surface area contributed by atoms with Crippen LogP contribution in [0.25, 0.3) is 0 Å². The molecule has 0 unspecified atom stereocenters. The minimum Gasteiger partial charge on any atom is -0.362 e. The van der Waals surface area contributed by atoms with Crippen molar-refractivity contribution in [3.05, 3.63) is 53.3 Å². The molecule has 9 heteroatoms. The van der Waals surface area contributed by atoms with E-state index >= 15 is 0 Å². The highest BCUT2D eigenvalue weighted by Gasteiger charge is 2.42. The predicted molar refractivity (Wildman–Crippen MR) is 97.5 cm³/mol. The summed E-state index contributed by atoms with van der Waals surface area (Å²) in [5.41, 5.74) is 0.717. The highest BCUT2D eigenvalue weighted by Crippen LogP contribution is 2.33. The number of para-hydroxylation sites is 1. The molecule has 1 saturated heterocycles. The summed E-state index contributed by atoms with van der Waals surface area (Å²) in [6.45, 7) is 0.534. The number of piperidine rings is 1. The summed E-state index contributed by atoms with van der Waals surface area (Å²) in [6.07, 6.45) is 2.35. The van der Waals surface area contributed by atoms with Gasteiger partial charge in [0.2, 0.25) is 10.0 Å². The molecule has 2 N–H and O–H groups in total. The van der Waals surface area contributed by atoms with Gasteiger partial charge in [-0.15, -0.1) is 0 Å². The van der Waals surface area contributed by atoms with E-state index in [0.29, 0.717) is 18.4 Å². The summed E-state index contributed by atoms with van der Waals surface area (Å²) >= 11 is 5.96. The number of fused-ring (bicyclic) bond motifs is 1. The minimum absolute atomic E-state index is 0.00333. The van der Waals surface area contributed by atoms with Gasteiger partial charge < -0.3 is 10.6 Å². The molecule has 0 saturated carbocycles. The van der Waals surface area contributed by atoms with E-state index in [4.69, 9.17) is 11.6 Å². The van der Waals surface area contributed by atoms with Crippen LogP contribution in [-0.4, -0.2) is 42.4 Å². The summed E-state index contributed by atoms with van der Waals surface area (Å²) in [5, 5.41) is 6.34. The highest BCUT2D eigenvalue weighted by molar-refractivity contribution is 7.89. The molecule has 1 fully saturated rings. The Bertz CT molecular complexity index is 971. The van der Waals surface area contributed by atoms with Gasteiger partial charge in [0.1, 0.15) is 15.7 Å². The van der Waals surface area contributed by atoms with Crippen molar-refractivity contribution in [2.45, 2.75) is 23.4 Å². The lowest BCUT2D eigenvalue weighted by molar-refractivity contribution is 0.0865. The molecule has 26 heavy (non-hydrogen) atoms. The van der Waals surface area contributed by atoms with Gasteiger partial charge in [-0.25, -0.2) is 13.4 Å². The Morgan fingerprint density at radius 1 is 1.08 bits per heavy atom. The zero-order chi connectivity index (χ0) is 18.4. The van der Waals surface area contributed by atoms with Crippen LogP contribution < -0.4 is 10.6 Å². The Balaban J connectivity index is 1.55. The smallest absolute Gasteiger partial charge is 0.255 e. The number of halogens is 1. The van der Waals surface area contributed by atoms with E-state index in [1.807, 2.05) is 18.2 Å². The molecule has 3 heterocycles. The first-order valence-corrected chi connectivity index (χ1v) is 10.0. The van der Waals surface area contributed by atoms with Crippen LogP contribution in [0.2, 0.25) is 5.15 Å².